The van der Waals surface area contributed by atoms with E-state index in [1.807, 2.05) is 33.8 Å². The summed E-state index contributed by atoms with van der Waals surface area (Å²) >= 11 is 0. The Hall–Kier alpha value is -1.42. The minimum atomic E-state index is -1.26. The van der Waals surface area contributed by atoms with E-state index in [1.54, 1.807) is 0 Å². The van der Waals surface area contributed by atoms with Crippen LogP contribution in [0.15, 0.2) is 23.0 Å². The zero-order chi connectivity index (χ0) is 14.7. The Morgan fingerprint density at radius 3 is 2.42 bits per heavy atom. The van der Waals surface area contributed by atoms with Gasteiger partial charge in [-0.2, -0.15) is 0 Å². The van der Waals surface area contributed by atoms with Crippen molar-refractivity contribution < 1.29 is 19.8 Å². The minimum absolute atomic E-state index is 0.106. The molecule has 2 unspecified atom stereocenters. The van der Waals surface area contributed by atoms with E-state index >= 15 is 0 Å². The SMILES string of the molecule is CC(C)=CCC1C(=O)C(C(=O)CC(C)C)=C(O)C1O. The lowest BCUT2D eigenvalue weighted by molar-refractivity contribution is -0.124. The summed E-state index contributed by atoms with van der Waals surface area (Å²) in [5.41, 5.74) is 0.829. The number of rotatable bonds is 5. The summed E-state index contributed by atoms with van der Waals surface area (Å²) in [6.45, 7) is 7.52. The van der Waals surface area contributed by atoms with E-state index in [1.165, 1.54) is 0 Å². The molecule has 0 spiro atoms. The Balaban J connectivity index is 2.92. The minimum Gasteiger partial charge on any atom is -0.509 e. The highest BCUT2D eigenvalue weighted by Gasteiger charge is 2.43. The number of ketones is 2. The van der Waals surface area contributed by atoms with Crippen LogP contribution in [0.1, 0.15) is 40.5 Å². The maximum absolute atomic E-state index is 12.1. The largest absolute Gasteiger partial charge is 0.509 e. The van der Waals surface area contributed by atoms with Crippen molar-refractivity contribution in [3.8, 4) is 0 Å². The molecule has 0 amide bonds. The number of aliphatic hydroxyl groups is 2. The molecular weight excluding hydrogens is 244 g/mol. The lowest BCUT2D eigenvalue weighted by Crippen LogP contribution is -2.23. The number of carbonyl (C=O) groups excluding carboxylic acids is 2. The summed E-state index contributed by atoms with van der Waals surface area (Å²) in [6, 6.07) is 0. The molecule has 106 valence electrons. The first kappa shape index (κ1) is 15.6. The molecule has 0 heterocycles. The molecular formula is C15H22O4. The smallest absolute Gasteiger partial charge is 0.176 e. The predicted octanol–water partition coefficient (Wildman–Crippen LogP) is 2.33. The van der Waals surface area contributed by atoms with Crippen LogP contribution in [-0.2, 0) is 9.59 Å². The van der Waals surface area contributed by atoms with Crippen molar-refractivity contribution in [2.75, 3.05) is 0 Å². The van der Waals surface area contributed by atoms with Gasteiger partial charge in [0.2, 0.25) is 0 Å². The molecule has 0 saturated heterocycles. The van der Waals surface area contributed by atoms with Gasteiger partial charge in [-0.15, -0.1) is 0 Å². The van der Waals surface area contributed by atoms with E-state index in [-0.39, 0.29) is 23.7 Å². The second-order valence-corrected chi connectivity index (χ2v) is 5.71. The van der Waals surface area contributed by atoms with E-state index < -0.39 is 23.6 Å². The van der Waals surface area contributed by atoms with E-state index in [9.17, 15) is 19.8 Å². The standard InChI is InChI=1S/C15H22O4/c1-8(2)5-6-10-13(17)12(15(19)14(10)18)11(16)7-9(3)4/h5,9-10,14,18-19H,6-7H2,1-4H3. The molecule has 2 N–H and O–H groups in total. The molecule has 1 aliphatic carbocycles. The van der Waals surface area contributed by atoms with Gasteiger partial charge in [0.15, 0.2) is 11.6 Å². The quantitative estimate of drug-likeness (QED) is 0.591. The fraction of sp³-hybridized carbons (Fsp3) is 0.600. The van der Waals surface area contributed by atoms with Crippen LogP contribution in [0, 0.1) is 11.8 Å². The lowest BCUT2D eigenvalue weighted by atomic mass is 9.94. The first-order valence-electron chi connectivity index (χ1n) is 6.57. The number of Topliss-reactive ketones (excluding diaryl/α,β-unsaturated/α-hetero) is 2. The summed E-state index contributed by atoms with van der Waals surface area (Å²) in [4.78, 5) is 24.1. The third-order valence-corrected chi connectivity index (χ3v) is 3.15. The molecule has 0 aliphatic heterocycles. The average Bonchev–Trinajstić information content (AvgIpc) is 2.47. The Morgan fingerprint density at radius 2 is 1.95 bits per heavy atom. The van der Waals surface area contributed by atoms with Crippen molar-refractivity contribution in [1.29, 1.82) is 0 Å². The van der Waals surface area contributed by atoms with Gasteiger partial charge in [0, 0.05) is 6.42 Å². The summed E-state index contributed by atoms with van der Waals surface area (Å²) in [5.74, 6) is -1.90. The second-order valence-electron chi connectivity index (χ2n) is 5.71. The normalized spacial score (nSPS) is 23.2. The third kappa shape index (κ3) is 3.53. The fourth-order valence-corrected chi connectivity index (χ4v) is 2.15. The number of carbonyl (C=O) groups is 2. The molecule has 0 aromatic carbocycles. The molecule has 4 nitrogen and oxygen atoms in total. The van der Waals surface area contributed by atoms with Crippen molar-refractivity contribution in [2.45, 2.75) is 46.6 Å². The van der Waals surface area contributed by atoms with Gasteiger partial charge in [0.1, 0.15) is 17.4 Å². The van der Waals surface area contributed by atoms with Crippen molar-refractivity contribution >= 4 is 11.6 Å². The van der Waals surface area contributed by atoms with Crippen molar-refractivity contribution in [3.05, 3.63) is 23.0 Å². The topological polar surface area (TPSA) is 74.6 Å². The van der Waals surface area contributed by atoms with Gasteiger partial charge in [-0.25, -0.2) is 0 Å². The van der Waals surface area contributed by atoms with Crippen LogP contribution in [-0.4, -0.2) is 27.9 Å². The van der Waals surface area contributed by atoms with Crippen LogP contribution in [0.4, 0.5) is 0 Å². The van der Waals surface area contributed by atoms with E-state index in [4.69, 9.17) is 0 Å². The van der Waals surface area contributed by atoms with Crippen LogP contribution >= 0.6 is 0 Å². The van der Waals surface area contributed by atoms with E-state index in [0.29, 0.717) is 6.42 Å². The summed E-state index contributed by atoms with van der Waals surface area (Å²) < 4.78 is 0. The number of hydrogen-bond acceptors (Lipinski definition) is 4. The average molecular weight is 266 g/mol. The molecule has 0 fully saturated rings. The Kier molecular flexibility index (Phi) is 5.06. The van der Waals surface area contributed by atoms with Crippen LogP contribution in [0.25, 0.3) is 0 Å². The van der Waals surface area contributed by atoms with E-state index in [2.05, 4.69) is 0 Å². The molecule has 0 radical (unpaired) electrons. The summed E-state index contributed by atoms with van der Waals surface area (Å²) in [7, 11) is 0. The molecule has 0 bridgehead atoms. The highest BCUT2D eigenvalue weighted by atomic mass is 16.3. The molecule has 19 heavy (non-hydrogen) atoms. The van der Waals surface area contributed by atoms with E-state index in [0.717, 1.165) is 5.57 Å². The Bertz CT molecular complexity index is 439. The maximum atomic E-state index is 12.1. The highest BCUT2D eigenvalue weighted by molar-refractivity contribution is 6.23. The van der Waals surface area contributed by atoms with Gasteiger partial charge in [-0.3, -0.25) is 9.59 Å². The molecule has 1 rings (SSSR count). The van der Waals surface area contributed by atoms with Crippen LogP contribution in [0.3, 0.4) is 0 Å². The van der Waals surface area contributed by atoms with Crippen molar-refractivity contribution in [3.63, 3.8) is 0 Å². The Labute approximate surface area is 113 Å². The molecule has 0 saturated carbocycles. The lowest BCUT2D eigenvalue weighted by Gasteiger charge is -2.11. The highest BCUT2D eigenvalue weighted by Crippen LogP contribution is 2.31. The van der Waals surface area contributed by atoms with Gasteiger partial charge in [-0.05, 0) is 26.2 Å². The van der Waals surface area contributed by atoms with Gasteiger partial charge in [0.25, 0.3) is 0 Å². The molecule has 4 heteroatoms. The molecule has 0 aromatic heterocycles. The summed E-state index contributed by atoms with van der Waals surface area (Å²) in [5, 5.41) is 19.7. The van der Waals surface area contributed by atoms with Crippen LogP contribution in [0.2, 0.25) is 0 Å². The van der Waals surface area contributed by atoms with Gasteiger partial charge < -0.3 is 10.2 Å². The first-order valence-corrected chi connectivity index (χ1v) is 6.57. The zero-order valence-electron chi connectivity index (χ0n) is 11.9. The number of allylic oxidation sites excluding steroid dienone is 3. The molecule has 1 aliphatic rings. The van der Waals surface area contributed by atoms with Gasteiger partial charge >= 0.3 is 0 Å². The first-order chi connectivity index (χ1) is 8.75. The summed E-state index contributed by atoms with van der Waals surface area (Å²) in [6.07, 6.45) is 1.11. The van der Waals surface area contributed by atoms with Gasteiger partial charge in [0.05, 0.1) is 5.92 Å². The molecule has 0 aromatic rings. The fourth-order valence-electron chi connectivity index (χ4n) is 2.15. The van der Waals surface area contributed by atoms with Crippen molar-refractivity contribution in [2.24, 2.45) is 11.8 Å². The number of hydrogen-bond donors (Lipinski definition) is 2. The number of aliphatic hydroxyl groups excluding tert-OH is 2. The van der Waals surface area contributed by atoms with Crippen molar-refractivity contribution in [1.82, 2.24) is 0 Å². The zero-order valence-corrected chi connectivity index (χ0v) is 11.9. The monoisotopic (exact) mass is 266 g/mol. The van der Waals surface area contributed by atoms with Crippen LogP contribution in [0.5, 0.6) is 0 Å². The third-order valence-electron chi connectivity index (χ3n) is 3.15. The van der Waals surface area contributed by atoms with Gasteiger partial charge in [-0.1, -0.05) is 25.5 Å². The predicted molar refractivity (Wildman–Crippen MR) is 72.7 cm³/mol. The second kappa shape index (κ2) is 6.15. The van der Waals surface area contributed by atoms with Crippen LogP contribution < -0.4 is 0 Å². The maximum Gasteiger partial charge on any atom is 0.176 e. The molecule has 2 atom stereocenters. The Morgan fingerprint density at radius 1 is 1.37 bits per heavy atom.